The molecule has 4 nitrogen and oxygen atoms in total. The predicted octanol–water partition coefficient (Wildman–Crippen LogP) is 13.1. The summed E-state index contributed by atoms with van der Waals surface area (Å²) in [7, 11) is 0. The van der Waals surface area contributed by atoms with Crippen LogP contribution >= 0.6 is 0 Å². The third-order valence-electron chi connectivity index (χ3n) is 12.1. The van der Waals surface area contributed by atoms with Gasteiger partial charge in [-0.05, 0) is 44.3 Å². The lowest BCUT2D eigenvalue weighted by Crippen LogP contribution is -2.26. The molecule has 2 aliphatic rings. The standard InChI is InChI=1S/C55H34N4/c1-4-17-35(18-5-1)36-31-33-39(34-32-36)53-57-52(38-21-8-3-9-22-38)58-54(59-53)44-27-16-30-47-48(44)42-25-12-14-28-45(42)55(47)46-29-15-13-26-43(46)51-49(55)40-23-10-11-24-41(40)50(56-51)37-19-6-2-7-20-37/h1-34H. The van der Waals surface area contributed by atoms with Gasteiger partial charge in [0.25, 0.3) is 0 Å². The van der Waals surface area contributed by atoms with Gasteiger partial charge >= 0.3 is 0 Å². The van der Waals surface area contributed by atoms with Crippen LogP contribution < -0.4 is 0 Å². The van der Waals surface area contributed by atoms with Gasteiger partial charge in [0.15, 0.2) is 17.5 Å². The van der Waals surface area contributed by atoms with Gasteiger partial charge in [0.2, 0.25) is 0 Å². The summed E-state index contributed by atoms with van der Waals surface area (Å²) in [6.45, 7) is 0. The second kappa shape index (κ2) is 13.1. The second-order valence-corrected chi connectivity index (χ2v) is 15.3. The van der Waals surface area contributed by atoms with Crippen LogP contribution in [-0.2, 0) is 5.41 Å². The van der Waals surface area contributed by atoms with Crippen LogP contribution in [0.4, 0.5) is 0 Å². The quantitative estimate of drug-likeness (QED) is 0.176. The number of hydrogen-bond donors (Lipinski definition) is 0. The average molecular weight is 751 g/mol. The van der Waals surface area contributed by atoms with Gasteiger partial charge in [-0.3, -0.25) is 0 Å². The Labute approximate surface area is 342 Å². The van der Waals surface area contributed by atoms with Crippen molar-refractivity contribution >= 4 is 10.8 Å². The van der Waals surface area contributed by atoms with E-state index in [9.17, 15) is 0 Å². The number of fused-ring (bicyclic) bond motifs is 12. The van der Waals surface area contributed by atoms with Gasteiger partial charge in [-0.25, -0.2) is 19.9 Å². The van der Waals surface area contributed by atoms with E-state index in [4.69, 9.17) is 19.9 Å². The third kappa shape index (κ3) is 4.96. The molecule has 0 bridgehead atoms. The van der Waals surface area contributed by atoms with Crippen LogP contribution in [0.25, 0.3) is 89.7 Å². The molecule has 2 heterocycles. The molecule has 1 unspecified atom stereocenters. The van der Waals surface area contributed by atoms with Crippen LogP contribution in [0.2, 0.25) is 0 Å². The monoisotopic (exact) mass is 750 g/mol. The van der Waals surface area contributed by atoms with E-state index >= 15 is 0 Å². The summed E-state index contributed by atoms with van der Waals surface area (Å²) in [6.07, 6.45) is 0. The Balaban J connectivity index is 1.13. The molecule has 12 rings (SSSR count). The molecule has 274 valence electrons. The van der Waals surface area contributed by atoms with Crippen LogP contribution in [0.3, 0.4) is 0 Å². The van der Waals surface area contributed by atoms with Crippen molar-refractivity contribution in [2.24, 2.45) is 0 Å². The summed E-state index contributed by atoms with van der Waals surface area (Å²) in [6, 6.07) is 73.0. The first-order chi connectivity index (χ1) is 29.3. The molecule has 0 radical (unpaired) electrons. The van der Waals surface area contributed by atoms with Crippen LogP contribution in [0.1, 0.15) is 22.3 Å². The van der Waals surface area contributed by atoms with E-state index in [1.165, 1.54) is 38.8 Å². The van der Waals surface area contributed by atoms with E-state index in [-0.39, 0.29) is 0 Å². The Hall–Kier alpha value is -7.82. The van der Waals surface area contributed by atoms with E-state index in [1.54, 1.807) is 0 Å². The molecule has 2 aromatic heterocycles. The molecule has 10 aromatic rings. The number of aromatic nitrogens is 4. The first-order valence-corrected chi connectivity index (χ1v) is 20.1. The Morgan fingerprint density at radius 3 is 1.42 bits per heavy atom. The van der Waals surface area contributed by atoms with Crippen molar-refractivity contribution in [2.75, 3.05) is 0 Å². The Morgan fingerprint density at radius 2 is 0.729 bits per heavy atom. The van der Waals surface area contributed by atoms with Crippen molar-refractivity contribution in [1.29, 1.82) is 0 Å². The van der Waals surface area contributed by atoms with Crippen LogP contribution in [0.5, 0.6) is 0 Å². The van der Waals surface area contributed by atoms with Crippen molar-refractivity contribution in [2.45, 2.75) is 5.41 Å². The van der Waals surface area contributed by atoms with Gasteiger partial charge in [0, 0.05) is 38.8 Å². The van der Waals surface area contributed by atoms with Crippen LogP contribution in [-0.4, -0.2) is 19.9 Å². The molecule has 0 fully saturated rings. The smallest absolute Gasteiger partial charge is 0.164 e. The molecule has 0 aliphatic heterocycles. The highest BCUT2D eigenvalue weighted by Crippen LogP contribution is 2.65. The highest BCUT2D eigenvalue weighted by Gasteiger charge is 2.54. The minimum absolute atomic E-state index is 0.624. The summed E-state index contributed by atoms with van der Waals surface area (Å²) in [5.41, 5.74) is 16.0. The lowest BCUT2D eigenvalue weighted by atomic mass is 9.69. The van der Waals surface area contributed by atoms with Crippen molar-refractivity contribution in [1.82, 2.24) is 19.9 Å². The molecule has 0 amide bonds. The molecule has 0 N–H and O–H groups in total. The minimum Gasteiger partial charge on any atom is -0.247 e. The first kappa shape index (κ1) is 33.3. The fourth-order valence-electron chi connectivity index (χ4n) is 9.66. The maximum Gasteiger partial charge on any atom is 0.164 e. The van der Waals surface area contributed by atoms with Gasteiger partial charge in [0.05, 0.1) is 16.8 Å². The second-order valence-electron chi connectivity index (χ2n) is 15.3. The number of hydrogen-bond acceptors (Lipinski definition) is 4. The maximum absolute atomic E-state index is 5.62. The van der Waals surface area contributed by atoms with Gasteiger partial charge in [-0.1, -0.05) is 206 Å². The molecular weight excluding hydrogens is 717 g/mol. The molecule has 2 aliphatic carbocycles. The SMILES string of the molecule is c1ccc(-c2ccc(-c3nc(-c4ccccc4)nc(-c4cccc5c4-c4ccccc4C54c5ccccc5-c5nc(-c6ccccc6)c6ccccc6c54)n3)cc2)cc1. The minimum atomic E-state index is -0.624. The molecule has 0 saturated heterocycles. The van der Waals surface area contributed by atoms with Crippen molar-refractivity contribution in [3.05, 3.63) is 229 Å². The van der Waals surface area contributed by atoms with E-state index in [1.807, 2.05) is 24.3 Å². The zero-order valence-corrected chi connectivity index (χ0v) is 31.9. The van der Waals surface area contributed by atoms with Gasteiger partial charge in [0.1, 0.15) is 0 Å². The molecule has 1 atom stereocenters. The largest absolute Gasteiger partial charge is 0.247 e. The number of rotatable bonds is 5. The maximum atomic E-state index is 5.62. The normalized spacial score (nSPS) is 14.5. The Morgan fingerprint density at radius 1 is 0.271 bits per heavy atom. The van der Waals surface area contributed by atoms with E-state index < -0.39 is 5.41 Å². The van der Waals surface area contributed by atoms with Gasteiger partial charge in [-0.15, -0.1) is 0 Å². The highest BCUT2D eigenvalue weighted by atomic mass is 15.0. The topological polar surface area (TPSA) is 51.6 Å². The molecule has 0 saturated carbocycles. The Kier molecular flexibility index (Phi) is 7.41. The summed E-state index contributed by atoms with van der Waals surface area (Å²) < 4.78 is 0. The lowest BCUT2D eigenvalue weighted by Gasteiger charge is -2.31. The third-order valence-corrected chi connectivity index (χ3v) is 12.1. The first-order valence-electron chi connectivity index (χ1n) is 20.1. The number of pyridine rings is 1. The number of nitrogens with zero attached hydrogens (tertiary/aromatic N) is 4. The zero-order valence-electron chi connectivity index (χ0n) is 31.9. The molecular formula is C55H34N4. The summed E-state index contributed by atoms with van der Waals surface area (Å²) in [5, 5.41) is 2.34. The highest BCUT2D eigenvalue weighted by molar-refractivity contribution is 6.07. The van der Waals surface area contributed by atoms with E-state index in [2.05, 4.69) is 182 Å². The van der Waals surface area contributed by atoms with Crippen LogP contribution in [0, 0.1) is 0 Å². The lowest BCUT2D eigenvalue weighted by molar-refractivity contribution is 0.799. The van der Waals surface area contributed by atoms with E-state index in [0.29, 0.717) is 17.5 Å². The summed E-state index contributed by atoms with van der Waals surface area (Å²) in [5.74, 6) is 1.90. The average Bonchev–Trinajstić information content (AvgIpc) is 3.79. The molecule has 8 aromatic carbocycles. The van der Waals surface area contributed by atoms with Crippen molar-refractivity contribution in [3.8, 4) is 78.9 Å². The fraction of sp³-hybridized carbons (Fsp3) is 0.0182. The molecule has 4 heteroatoms. The molecule has 1 spiro atoms. The summed E-state index contributed by atoms with van der Waals surface area (Å²) >= 11 is 0. The Bertz CT molecular complexity index is 3250. The zero-order chi connectivity index (χ0) is 38.9. The summed E-state index contributed by atoms with van der Waals surface area (Å²) in [4.78, 5) is 21.3. The van der Waals surface area contributed by atoms with E-state index in [0.717, 1.165) is 55.7 Å². The van der Waals surface area contributed by atoms with Gasteiger partial charge in [-0.2, -0.15) is 0 Å². The predicted molar refractivity (Wildman–Crippen MR) is 239 cm³/mol. The molecule has 59 heavy (non-hydrogen) atoms. The van der Waals surface area contributed by atoms with Crippen molar-refractivity contribution < 1.29 is 0 Å². The van der Waals surface area contributed by atoms with Gasteiger partial charge < -0.3 is 0 Å². The van der Waals surface area contributed by atoms with Crippen molar-refractivity contribution in [3.63, 3.8) is 0 Å². The van der Waals surface area contributed by atoms with Crippen LogP contribution in [0.15, 0.2) is 206 Å². The number of benzene rings is 8. The fourth-order valence-corrected chi connectivity index (χ4v) is 9.66.